The van der Waals surface area contributed by atoms with Gasteiger partial charge in [-0.1, -0.05) is 37.8 Å². The van der Waals surface area contributed by atoms with Crippen molar-refractivity contribution in [3.05, 3.63) is 42.0 Å². The smallest absolute Gasteiger partial charge is 0.107 e. The van der Waals surface area contributed by atoms with E-state index in [0.29, 0.717) is 0 Å². The first kappa shape index (κ1) is 8.07. The van der Waals surface area contributed by atoms with Crippen LogP contribution >= 0.6 is 0 Å². The van der Waals surface area contributed by atoms with Crippen molar-refractivity contribution in [1.29, 1.82) is 5.26 Å². The van der Waals surface area contributed by atoms with Crippen molar-refractivity contribution in [3.8, 4) is 6.07 Å². The number of allylic oxidation sites excluding steroid dienone is 1. The fraction of sp³-hybridized carbons (Fsp3) is 0.250. The van der Waals surface area contributed by atoms with Crippen molar-refractivity contribution in [2.24, 2.45) is 0 Å². The van der Waals surface area contributed by atoms with Gasteiger partial charge in [0.05, 0.1) is 6.07 Å². The fourth-order valence-electron chi connectivity index (χ4n) is 2.06. The second-order valence-corrected chi connectivity index (χ2v) is 3.39. The van der Waals surface area contributed by atoms with Crippen molar-refractivity contribution in [1.82, 2.24) is 0 Å². The lowest BCUT2D eigenvalue weighted by Crippen LogP contribution is -2.34. The summed E-state index contributed by atoms with van der Waals surface area (Å²) in [5.41, 5.74) is 2.89. The Kier molecular flexibility index (Phi) is 1.53. The minimum absolute atomic E-state index is 0.392. The summed E-state index contributed by atoms with van der Waals surface area (Å²) in [6.45, 7) is 6.01. The Balaban J connectivity index is 2.63. The molecule has 0 amide bonds. The Morgan fingerprint density at radius 3 is 2.77 bits per heavy atom. The second kappa shape index (κ2) is 2.47. The SMILES string of the molecule is C=C1c2ccccc2C1(C#N)CC. The third-order valence-corrected chi connectivity index (χ3v) is 2.95. The first-order valence-corrected chi connectivity index (χ1v) is 4.47. The zero-order valence-electron chi connectivity index (χ0n) is 7.67. The van der Waals surface area contributed by atoms with E-state index in [2.05, 4.69) is 12.6 Å². The van der Waals surface area contributed by atoms with E-state index in [1.54, 1.807) is 0 Å². The number of rotatable bonds is 1. The van der Waals surface area contributed by atoms with Gasteiger partial charge in [0.15, 0.2) is 0 Å². The van der Waals surface area contributed by atoms with Gasteiger partial charge in [0.1, 0.15) is 5.41 Å². The molecular weight excluding hydrogens is 158 g/mol. The summed E-state index contributed by atoms with van der Waals surface area (Å²) < 4.78 is 0. The van der Waals surface area contributed by atoms with E-state index in [-0.39, 0.29) is 0 Å². The molecule has 1 heteroatoms. The van der Waals surface area contributed by atoms with Crippen LogP contribution in [-0.2, 0) is 5.41 Å². The number of nitriles is 1. The van der Waals surface area contributed by atoms with E-state index in [0.717, 1.165) is 23.1 Å². The molecule has 0 bridgehead atoms. The average Bonchev–Trinajstić information content (AvgIpc) is 2.20. The molecule has 0 heterocycles. The number of benzene rings is 1. The highest BCUT2D eigenvalue weighted by Crippen LogP contribution is 2.51. The van der Waals surface area contributed by atoms with Crippen LogP contribution in [0.4, 0.5) is 0 Å². The van der Waals surface area contributed by atoms with E-state index >= 15 is 0 Å². The summed E-state index contributed by atoms with van der Waals surface area (Å²) in [4.78, 5) is 0. The van der Waals surface area contributed by atoms with Crippen molar-refractivity contribution >= 4 is 5.57 Å². The minimum atomic E-state index is -0.392. The molecule has 13 heavy (non-hydrogen) atoms. The monoisotopic (exact) mass is 169 g/mol. The topological polar surface area (TPSA) is 23.8 Å². The highest BCUT2D eigenvalue weighted by molar-refractivity contribution is 5.89. The molecule has 1 unspecified atom stereocenters. The van der Waals surface area contributed by atoms with Crippen LogP contribution < -0.4 is 0 Å². The molecular formula is C12H11N. The average molecular weight is 169 g/mol. The van der Waals surface area contributed by atoms with Crippen LogP contribution in [0.3, 0.4) is 0 Å². The van der Waals surface area contributed by atoms with Crippen molar-refractivity contribution in [2.45, 2.75) is 18.8 Å². The molecule has 1 atom stereocenters. The molecule has 2 rings (SSSR count). The number of hydrogen-bond donors (Lipinski definition) is 0. The van der Waals surface area contributed by atoms with E-state index in [9.17, 15) is 0 Å². The van der Waals surface area contributed by atoms with Gasteiger partial charge in [-0.2, -0.15) is 5.26 Å². The van der Waals surface area contributed by atoms with Gasteiger partial charge in [0, 0.05) is 0 Å². The molecule has 0 fully saturated rings. The molecule has 0 radical (unpaired) electrons. The summed E-state index contributed by atoms with van der Waals surface area (Å²) in [6.07, 6.45) is 0.819. The largest absolute Gasteiger partial charge is 0.197 e. The number of hydrogen-bond acceptors (Lipinski definition) is 1. The first-order chi connectivity index (χ1) is 6.26. The molecule has 1 nitrogen and oxygen atoms in total. The highest BCUT2D eigenvalue weighted by atomic mass is 14.5. The maximum absolute atomic E-state index is 9.14. The molecule has 1 aliphatic carbocycles. The summed E-state index contributed by atoms with van der Waals surface area (Å²) in [5, 5.41) is 9.14. The Morgan fingerprint density at radius 2 is 2.15 bits per heavy atom. The van der Waals surface area contributed by atoms with Gasteiger partial charge < -0.3 is 0 Å². The molecule has 1 aromatic carbocycles. The molecule has 0 aromatic heterocycles. The molecule has 0 spiro atoms. The van der Waals surface area contributed by atoms with E-state index in [4.69, 9.17) is 5.26 Å². The van der Waals surface area contributed by atoms with Gasteiger partial charge in [-0.3, -0.25) is 0 Å². The molecule has 1 aliphatic rings. The van der Waals surface area contributed by atoms with Crippen LogP contribution in [0.1, 0.15) is 24.5 Å². The lowest BCUT2D eigenvalue weighted by Gasteiger charge is -2.40. The Hall–Kier alpha value is -1.55. The lowest BCUT2D eigenvalue weighted by molar-refractivity contribution is 0.638. The van der Waals surface area contributed by atoms with Crippen LogP contribution in [0, 0.1) is 11.3 Å². The normalized spacial score (nSPS) is 24.5. The summed E-state index contributed by atoms with van der Waals surface area (Å²) in [7, 11) is 0. The molecule has 64 valence electrons. The van der Waals surface area contributed by atoms with Crippen LogP contribution in [0.25, 0.3) is 5.57 Å². The fourth-order valence-corrected chi connectivity index (χ4v) is 2.06. The summed E-state index contributed by atoms with van der Waals surface area (Å²) in [6, 6.07) is 10.4. The van der Waals surface area contributed by atoms with Gasteiger partial charge in [-0.05, 0) is 23.1 Å². The quantitative estimate of drug-likeness (QED) is 0.634. The van der Waals surface area contributed by atoms with Crippen LogP contribution in [0.2, 0.25) is 0 Å². The number of nitrogens with zero attached hydrogens (tertiary/aromatic N) is 1. The predicted molar refractivity (Wildman–Crippen MR) is 53.1 cm³/mol. The van der Waals surface area contributed by atoms with Gasteiger partial charge in [-0.15, -0.1) is 0 Å². The van der Waals surface area contributed by atoms with E-state index < -0.39 is 5.41 Å². The van der Waals surface area contributed by atoms with E-state index in [1.807, 2.05) is 31.2 Å². The van der Waals surface area contributed by atoms with Crippen molar-refractivity contribution in [3.63, 3.8) is 0 Å². The predicted octanol–water partition coefficient (Wildman–Crippen LogP) is 2.88. The van der Waals surface area contributed by atoms with Gasteiger partial charge in [0.25, 0.3) is 0 Å². The molecule has 0 saturated carbocycles. The van der Waals surface area contributed by atoms with Gasteiger partial charge in [0.2, 0.25) is 0 Å². The zero-order chi connectivity index (χ0) is 9.47. The Bertz CT molecular complexity index is 411. The zero-order valence-corrected chi connectivity index (χ0v) is 7.67. The van der Waals surface area contributed by atoms with Crippen LogP contribution in [0.15, 0.2) is 30.8 Å². The van der Waals surface area contributed by atoms with Crippen molar-refractivity contribution in [2.75, 3.05) is 0 Å². The van der Waals surface area contributed by atoms with Crippen molar-refractivity contribution < 1.29 is 0 Å². The van der Waals surface area contributed by atoms with E-state index in [1.165, 1.54) is 0 Å². The molecule has 1 aromatic rings. The maximum Gasteiger partial charge on any atom is 0.107 e. The minimum Gasteiger partial charge on any atom is -0.197 e. The first-order valence-electron chi connectivity index (χ1n) is 4.47. The summed E-state index contributed by atoms with van der Waals surface area (Å²) in [5.74, 6) is 0. The van der Waals surface area contributed by atoms with Gasteiger partial charge >= 0.3 is 0 Å². The highest BCUT2D eigenvalue weighted by Gasteiger charge is 2.44. The molecule has 0 aliphatic heterocycles. The Labute approximate surface area is 78.3 Å². The molecule has 0 N–H and O–H groups in total. The third-order valence-electron chi connectivity index (χ3n) is 2.95. The van der Waals surface area contributed by atoms with Crippen LogP contribution in [0.5, 0.6) is 0 Å². The molecule has 0 saturated heterocycles. The standard InChI is InChI=1S/C12H11N/c1-3-12(8-13)9(2)10-6-4-5-7-11(10)12/h4-7H,2-3H2,1H3. The number of fused-ring (bicyclic) bond motifs is 1. The third kappa shape index (κ3) is 0.754. The Morgan fingerprint density at radius 1 is 1.46 bits per heavy atom. The van der Waals surface area contributed by atoms with Gasteiger partial charge in [-0.25, -0.2) is 0 Å². The maximum atomic E-state index is 9.14. The lowest BCUT2D eigenvalue weighted by atomic mass is 9.60. The second-order valence-electron chi connectivity index (χ2n) is 3.39. The summed E-state index contributed by atoms with van der Waals surface area (Å²) >= 11 is 0. The van der Waals surface area contributed by atoms with Crippen LogP contribution in [-0.4, -0.2) is 0 Å².